The van der Waals surface area contributed by atoms with Gasteiger partial charge in [0.25, 0.3) is 0 Å². The van der Waals surface area contributed by atoms with E-state index < -0.39 is 5.97 Å². The Morgan fingerprint density at radius 2 is 2.05 bits per heavy atom. The van der Waals surface area contributed by atoms with Crippen LogP contribution in [0.5, 0.6) is 0 Å². The van der Waals surface area contributed by atoms with Crippen LogP contribution in [0.4, 0.5) is 0 Å². The van der Waals surface area contributed by atoms with Crippen LogP contribution in [0.3, 0.4) is 0 Å². The summed E-state index contributed by atoms with van der Waals surface area (Å²) in [5.74, 6) is 0.340. The number of rotatable bonds is 5. The lowest BCUT2D eigenvalue weighted by Crippen LogP contribution is -2.31. The van der Waals surface area contributed by atoms with E-state index >= 15 is 0 Å². The third kappa shape index (κ3) is 3.59. The zero-order chi connectivity index (χ0) is 13.8. The predicted molar refractivity (Wildman–Crippen MR) is 79.6 cm³/mol. The van der Waals surface area contributed by atoms with Crippen molar-refractivity contribution in [3.8, 4) is 0 Å². The number of aliphatic carboxylic acids is 1. The average molecular weight is 280 g/mol. The lowest BCUT2D eigenvalue weighted by molar-refractivity contribution is -0.145. The monoisotopic (exact) mass is 280 g/mol. The molecule has 0 saturated heterocycles. The Kier molecular flexibility index (Phi) is 5.03. The summed E-state index contributed by atoms with van der Waals surface area (Å²) in [4.78, 5) is 14.2. The average Bonchev–Trinajstić information content (AvgIpc) is 2.86. The number of hydrogen-bond donors (Lipinski definition) is 1. The zero-order valence-electron chi connectivity index (χ0n) is 11.9. The molecule has 1 aliphatic rings. The first-order chi connectivity index (χ1) is 9.13. The van der Waals surface area contributed by atoms with Crippen LogP contribution in [-0.2, 0) is 17.6 Å². The van der Waals surface area contributed by atoms with E-state index in [1.165, 1.54) is 16.2 Å². The van der Waals surface area contributed by atoms with Gasteiger partial charge in [-0.15, -0.1) is 11.3 Å². The zero-order valence-corrected chi connectivity index (χ0v) is 12.7. The predicted octanol–water partition coefficient (Wildman–Crippen LogP) is 4.38. The molecule has 19 heavy (non-hydrogen) atoms. The molecule has 0 spiro atoms. The molecule has 3 unspecified atom stereocenters. The first-order valence-corrected chi connectivity index (χ1v) is 8.26. The van der Waals surface area contributed by atoms with Crippen molar-refractivity contribution in [2.45, 2.75) is 52.4 Å². The van der Waals surface area contributed by atoms with Gasteiger partial charge in [-0.1, -0.05) is 20.3 Å². The van der Waals surface area contributed by atoms with Crippen LogP contribution < -0.4 is 0 Å². The molecule has 1 aromatic rings. The topological polar surface area (TPSA) is 37.3 Å². The summed E-state index contributed by atoms with van der Waals surface area (Å²) in [7, 11) is 0. The molecule has 1 aromatic heterocycles. The van der Waals surface area contributed by atoms with E-state index in [0.717, 1.165) is 38.0 Å². The molecule has 2 rings (SSSR count). The second-order valence-corrected chi connectivity index (χ2v) is 6.97. The van der Waals surface area contributed by atoms with Gasteiger partial charge in [-0.3, -0.25) is 4.79 Å². The summed E-state index contributed by atoms with van der Waals surface area (Å²) < 4.78 is 0. The van der Waals surface area contributed by atoms with Crippen molar-refractivity contribution in [2.75, 3.05) is 0 Å². The van der Waals surface area contributed by atoms with Gasteiger partial charge < -0.3 is 5.11 Å². The highest BCUT2D eigenvalue weighted by Crippen LogP contribution is 2.38. The maximum Gasteiger partial charge on any atom is 0.306 e. The molecule has 0 amide bonds. The van der Waals surface area contributed by atoms with E-state index in [1.54, 1.807) is 0 Å². The van der Waals surface area contributed by atoms with E-state index in [1.807, 2.05) is 11.3 Å². The molecule has 3 atom stereocenters. The molecule has 1 N–H and O–H groups in total. The Labute approximate surface area is 119 Å². The molecular weight excluding hydrogens is 256 g/mol. The third-order valence-corrected chi connectivity index (χ3v) is 5.77. The second-order valence-electron chi connectivity index (χ2n) is 5.72. The first kappa shape index (κ1) is 14.6. The van der Waals surface area contributed by atoms with Crippen molar-refractivity contribution in [1.29, 1.82) is 0 Å². The summed E-state index contributed by atoms with van der Waals surface area (Å²) in [6.45, 7) is 4.40. The summed E-state index contributed by atoms with van der Waals surface area (Å²) in [6, 6.07) is 4.38. The van der Waals surface area contributed by atoms with Crippen LogP contribution in [0, 0.1) is 17.8 Å². The molecule has 106 valence electrons. The van der Waals surface area contributed by atoms with Crippen LogP contribution in [0.1, 0.15) is 49.3 Å². The minimum atomic E-state index is -0.591. The minimum Gasteiger partial charge on any atom is -0.481 e. The van der Waals surface area contributed by atoms with Gasteiger partial charge in [-0.2, -0.15) is 0 Å². The molecule has 0 bridgehead atoms. The fraction of sp³-hybridized carbons (Fsp3) is 0.688. The number of thiophene rings is 1. The SMILES string of the molecule is CCc1ccc(CC2CC(CC)CCC2C(=O)O)s1. The summed E-state index contributed by atoms with van der Waals surface area (Å²) >= 11 is 1.86. The molecule has 1 aliphatic carbocycles. The van der Waals surface area contributed by atoms with Crippen molar-refractivity contribution in [2.24, 2.45) is 17.8 Å². The summed E-state index contributed by atoms with van der Waals surface area (Å²) in [6.07, 6.45) is 6.27. The van der Waals surface area contributed by atoms with Gasteiger partial charge in [0.2, 0.25) is 0 Å². The Hall–Kier alpha value is -0.830. The quantitative estimate of drug-likeness (QED) is 0.869. The lowest BCUT2D eigenvalue weighted by Gasteiger charge is -2.33. The van der Waals surface area contributed by atoms with Crippen molar-refractivity contribution in [3.63, 3.8) is 0 Å². The first-order valence-electron chi connectivity index (χ1n) is 7.44. The Morgan fingerprint density at radius 1 is 1.32 bits per heavy atom. The highest BCUT2D eigenvalue weighted by Gasteiger charge is 2.34. The maximum absolute atomic E-state index is 11.4. The van der Waals surface area contributed by atoms with Gasteiger partial charge in [-0.05, 0) is 56.1 Å². The second kappa shape index (κ2) is 6.56. The van der Waals surface area contributed by atoms with Gasteiger partial charge >= 0.3 is 5.97 Å². The van der Waals surface area contributed by atoms with Crippen molar-refractivity contribution < 1.29 is 9.90 Å². The molecule has 1 fully saturated rings. The van der Waals surface area contributed by atoms with Gasteiger partial charge in [0.15, 0.2) is 0 Å². The van der Waals surface area contributed by atoms with E-state index in [9.17, 15) is 9.90 Å². The fourth-order valence-electron chi connectivity index (χ4n) is 3.26. The summed E-state index contributed by atoms with van der Waals surface area (Å²) in [5, 5.41) is 9.40. The van der Waals surface area contributed by atoms with E-state index in [2.05, 4.69) is 26.0 Å². The molecule has 0 aliphatic heterocycles. The Balaban J connectivity index is 2.06. The smallest absolute Gasteiger partial charge is 0.306 e. The van der Waals surface area contributed by atoms with Crippen molar-refractivity contribution >= 4 is 17.3 Å². The highest BCUT2D eigenvalue weighted by atomic mass is 32.1. The standard InChI is InChI=1S/C16H24O2S/c1-3-11-5-8-15(16(17)18)12(9-11)10-14-7-6-13(4-2)19-14/h6-7,11-12,15H,3-5,8-10H2,1-2H3,(H,17,18). The lowest BCUT2D eigenvalue weighted by atomic mass is 9.72. The van der Waals surface area contributed by atoms with E-state index in [-0.39, 0.29) is 5.92 Å². The van der Waals surface area contributed by atoms with Crippen LogP contribution in [-0.4, -0.2) is 11.1 Å². The van der Waals surface area contributed by atoms with Gasteiger partial charge in [0.05, 0.1) is 5.92 Å². The number of carboxylic acids is 1. The number of carbonyl (C=O) groups is 1. The van der Waals surface area contributed by atoms with Crippen molar-refractivity contribution in [3.05, 3.63) is 21.9 Å². The largest absolute Gasteiger partial charge is 0.481 e. The molecule has 0 aromatic carbocycles. The number of aryl methyl sites for hydroxylation is 1. The van der Waals surface area contributed by atoms with Crippen LogP contribution >= 0.6 is 11.3 Å². The fourth-order valence-corrected chi connectivity index (χ4v) is 4.31. The molecule has 3 heteroatoms. The van der Waals surface area contributed by atoms with Crippen LogP contribution in [0.15, 0.2) is 12.1 Å². The molecular formula is C16H24O2S. The minimum absolute atomic E-state index is 0.130. The summed E-state index contributed by atoms with van der Waals surface area (Å²) in [5.41, 5.74) is 0. The molecule has 0 radical (unpaired) electrons. The Morgan fingerprint density at radius 3 is 2.63 bits per heavy atom. The van der Waals surface area contributed by atoms with Gasteiger partial charge in [0, 0.05) is 9.75 Å². The van der Waals surface area contributed by atoms with Crippen molar-refractivity contribution in [1.82, 2.24) is 0 Å². The van der Waals surface area contributed by atoms with Gasteiger partial charge in [0.1, 0.15) is 0 Å². The normalized spacial score (nSPS) is 27.4. The third-order valence-electron chi connectivity index (χ3n) is 4.51. The number of hydrogen-bond acceptors (Lipinski definition) is 2. The van der Waals surface area contributed by atoms with Crippen LogP contribution in [0.2, 0.25) is 0 Å². The molecule has 1 saturated carbocycles. The van der Waals surface area contributed by atoms with E-state index in [4.69, 9.17) is 0 Å². The highest BCUT2D eigenvalue weighted by molar-refractivity contribution is 7.11. The van der Waals surface area contributed by atoms with E-state index in [0.29, 0.717) is 5.92 Å². The number of carboxylic acid groups (broad SMARTS) is 1. The van der Waals surface area contributed by atoms with Gasteiger partial charge in [-0.25, -0.2) is 0 Å². The van der Waals surface area contributed by atoms with Crippen LogP contribution in [0.25, 0.3) is 0 Å². The maximum atomic E-state index is 11.4. The molecule has 1 heterocycles. The Bertz CT molecular complexity index is 424. The molecule has 2 nitrogen and oxygen atoms in total.